The summed E-state index contributed by atoms with van der Waals surface area (Å²) < 4.78 is 6.89. The van der Waals surface area contributed by atoms with Crippen LogP contribution in [-0.2, 0) is 0 Å². The van der Waals surface area contributed by atoms with Gasteiger partial charge in [0, 0.05) is 22.3 Å². The van der Waals surface area contributed by atoms with Crippen molar-refractivity contribution in [1.29, 1.82) is 0 Å². The van der Waals surface area contributed by atoms with E-state index in [9.17, 15) is 0 Å². The maximum Gasteiger partial charge on any atom is 0.243 e. The third-order valence-electron chi connectivity index (χ3n) is 2.78. The molecule has 0 spiro atoms. The summed E-state index contributed by atoms with van der Waals surface area (Å²) >= 11 is 3.47. The molecule has 0 aliphatic heterocycles. The smallest absolute Gasteiger partial charge is 0.243 e. The monoisotopic (exact) mass is 302 g/mol. The summed E-state index contributed by atoms with van der Waals surface area (Å²) in [5.74, 6) is 1.38. The van der Waals surface area contributed by atoms with E-state index in [-0.39, 0.29) is 0 Å². The predicted octanol–water partition coefficient (Wildman–Crippen LogP) is 4.43. The molecule has 0 bridgehead atoms. The van der Waals surface area contributed by atoms with Crippen LogP contribution in [0.25, 0.3) is 10.9 Å². The number of fused-ring (bicyclic) bond motifs is 1. The van der Waals surface area contributed by atoms with Gasteiger partial charge in [-0.25, -0.2) is 4.98 Å². The van der Waals surface area contributed by atoms with Gasteiger partial charge < -0.3 is 9.72 Å². The van der Waals surface area contributed by atoms with Crippen LogP contribution in [-0.4, -0.2) is 9.97 Å². The fourth-order valence-electron chi connectivity index (χ4n) is 1.83. The van der Waals surface area contributed by atoms with Gasteiger partial charge in [-0.2, -0.15) is 0 Å². The summed E-state index contributed by atoms with van der Waals surface area (Å²) in [5.41, 5.74) is 2.05. The fourth-order valence-corrected chi connectivity index (χ4v) is 2.07. The van der Waals surface area contributed by atoms with Gasteiger partial charge in [0.1, 0.15) is 11.3 Å². The van der Waals surface area contributed by atoms with Crippen LogP contribution in [0.3, 0.4) is 0 Å². The molecule has 2 heterocycles. The number of pyridine rings is 1. The van der Waals surface area contributed by atoms with Gasteiger partial charge in [-0.15, -0.1) is 0 Å². The lowest BCUT2D eigenvalue weighted by molar-refractivity contribution is 0.467. The molecule has 3 nitrogen and oxygen atoms in total. The second-order valence-corrected chi connectivity index (χ2v) is 4.93. The Balaban J connectivity index is 2.01. The molecule has 90 valence electrons. The first-order chi connectivity index (χ1) is 8.74. The number of aromatic nitrogens is 2. The van der Waals surface area contributed by atoms with Crippen molar-refractivity contribution in [3.8, 4) is 11.6 Å². The third-order valence-corrected chi connectivity index (χ3v) is 3.67. The number of aromatic amines is 1. The van der Waals surface area contributed by atoms with Crippen molar-refractivity contribution in [1.82, 2.24) is 9.97 Å². The van der Waals surface area contributed by atoms with Crippen LogP contribution < -0.4 is 4.74 Å². The summed E-state index contributed by atoms with van der Waals surface area (Å²) in [6.07, 6.45) is 3.63. The summed E-state index contributed by atoms with van der Waals surface area (Å²) in [6, 6.07) is 9.82. The number of halogens is 1. The summed E-state index contributed by atoms with van der Waals surface area (Å²) in [4.78, 5) is 7.40. The molecule has 0 atom stereocenters. The Morgan fingerprint density at radius 2 is 2.11 bits per heavy atom. The molecule has 4 heteroatoms. The summed E-state index contributed by atoms with van der Waals surface area (Å²) in [5, 5.41) is 1.09. The molecule has 3 rings (SSSR count). The topological polar surface area (TPSA) is 37.9 Å². The Morgan fingerprint density at radius 1 is 1.22 bits per heavy atom. The van der Waals surface area contributed by atoms with Crippen LogP contribution in [0.5, 0.6) is 11.6 Å². The zero-order chi connectivity index (χ0) is 12.5. The molecule has 0 amide bonds. The largest absolute Gasteiger partial charge is 0.437 e. The molecule has 0 saturated heterocycles. The van der Waals surface area contributed by atoms with E-state index in [0.29, 0.717) is 5.88 Å². The molecule has 0 saturated carbocycles. The summed E-state index contributed by atoms with van der Waals surface area (Å²) in [7, 11) is 0. The van der Waals surface area contributed by atoms with E-state index in [4.69, 9.17) is 4.74 Å². The van der Waals surface area contributed by atoms with Crippen LogP contribution in [0, 0.1) is 6.92 Å². The lowest BCUT2D eigenvalue weighted by Crippen LogP contribution is -1.89. The third kappa shape index (κ3) is 1.99. The number of benzene rings is 1. The van der Waals surface area contributed by atoms with Gasteiger partial charge in [-0.1, -0.05) is 15.9 Å². The molecule has 0 fully saturated rings. The number of rotatable bonds is 2. The van der Waals surface area contributed by atoms with Crippen LogP contribution in [0.4, 0.5) is 0 Å². The minimum atomic E-state index is 0.597. The second kappa shape index (κ2) is 4.46. The minimum absolute atomic E-state index is 0.597. The first-order valence-corrected chi connectivity index (χ1v) is 6.39. The highest BCUT2D eigenvalue weighted by Crippen LogP contribution is 2.28. The van der Waals surface area contributed by atoms with E-state index in [1.165, 1.54) is 0 Å². The maximum atomic E-state index is 5.82. The highest BCUT2D eigenvalue weighted by Gasteiger charge is 2.06. The maximum absolute atomic E-state index is 5.82. The lowest BCUT2D eigenvalue weighted by atomic mass is 10.2. The van der Waals surface area contributed by atoms with Crippen molar-refractivity contribution in [2.24, 2.45) is 0 Å². The molecule has 0 radical (unpaired) electrons. The highest BCUT2D eigenvalue weighted by atomic mass is 79.9. The first-order valence-electron chi connectivity index (χ1n) is 5.60. The standard InChI is InChI=1S/C14H11BrN2O/c1-9-8-11(2-3-12(9)15)18-14-13-10(4-6-16-13)5-7-17-14/h2-8,16H,1H3. The Hall–Kier alpha value is -1.81. The van der Waals surface area contributed by atoms with Crippen molar-refractivity contribution in [2.45, 2.75) is 6.92 Å². The Labute approximate surface area is 113 Å². The molecule has 1 N–H and O–H groups in total. The second-order valence-electron chi connectivity index (χ2n) is 4.07. The van der Waals surface area contributed by atoms with Gasteiger partial charge in [-0.05, 0) is 42.8 Å². The van der Waals surface area contributed by atoms with Crippen molar-refractivity contribution in [3.63, 3.8) is 0 Å². The molecular formula is C14H11BrN2O. The van der Waals surface area contributed by atoms with Crippen LogP contribution >= 0.6 is 15.9 Å². The number of aryl methyl sites for hydroxylation is 1. The van der Waals surface area contributed by atoms with Crippen molar-refractivity contribution in [2.75, 3.05) is 0 Å². The van der Waals surface area contributed by atoms with E-state index in [1.807, 2.05) is 43.5 Å². The molecule has 0 aliphatic carbocycles. The van der Waals surface area contributed by atoms with Crippen molar-refractivity contribution in [3.05, 3.63) is 52.8 Å². The molecule has 18 heavy (non-hydrogen) atoms. The van der Waals surface area contributed by atoms with E-state index in [2.05, 4.69) is 25.9 Å². The van der Waals surface area contributed by atoms with Crippen molar-refractivity contribution < 1.29 is 4.74 Å². The number of H-pyrrole nitrogens is 1. The Kier molecular flexibility index (Phi) is 2.80. The molecule has 0 unspecified atom stereocenters. The number of nitrogens with one attached hydrogen (secondary N) is 1. The average Bonchev–Trinajstić information content (AvgIpc) is 2.83. The van der Waals surface area contributed by atoms with E-state index in [1.54, 1.807) is 6.20 Å². The summed E-state index contributed by atoms with van der Waals surface area (Å²) in [6.45, 7) is 2.03. The van der Waals surface area contributed by atoms with Crippen LogP contribution in [0.2, 0.25) is 0 Å². The fraction of sp³-hybridized carbons (Fsp3) is 0.0714. The molecular weight excluding hydrogens is 292 g/mol. The van der Waals surface area contributed by atoms with Crippen LogP contribution in [0.15, 0.2) is 47.2 Å². The minimum Gasteiger partial charge on any atom is -0.437 e. The van der Waals surface area contributed by atoms with Crippen LogP contribution in [0.1, 0.15) is 5.56 Å². The quantitative estimate of drug-likeness (QED) is 0.760. The number of hydrogen-bond donors (Lipinski definition) is 1. The first kappa shape index (κ1) is 11.3. The molecule has 3 aromatic rings. The molecule has 1 aromatic carbocycles. The van der Waals surface area contributed by atoms with Gasteiger partial charge in [0.15, 0.2) is 0 Å². The van der Waals surface area contributed by atoms with Gasteiger partial charge in [0.05, 0.1) is 0 Å². The predicted molar refractivity (Wildman–Crippen MR) is 75.0 cm³/mol. The van der Waals surface area contributed by atoms with E-state index >= 15 is 0 Å². The molecule has 2 aromatic heterocycles. The SMILES string of the molecule is Cc1cc(Oc2nccc3cc[nH]c23)ccc1Br. The number of hydrogen-bond acceptors (Lipinski definition) is 2. The number of ether oxygens (including phenoxy) is 1. The Bertz CT molecular complexity index is 706. The van der Waals surface area contributed by atoms with Gasteiger partial charge in [0.2, 0.25) is 5.88 Å². The molecule has 0 aliphatic rings. The Morgan fingerprint density at radius 3 is 2.94 bits per heavy atom. The number of nitrogens with zero attached hydrogens (tertiary/aromatic N) is 1. The van der Waals surface area contributed by atoms with Gasteiger partial charge in [0.25, 0.3) is 0 Å². The highest BCUT2D eigenvalue weighted by molar-refractivity contribution is 9.10. The van der Waals surface area contributed by atoms with Gasteiger partial charge >= 0.3 is 0 Å². The normalized spacial score (nSPS) is 10.8. The van der Waals surface area contributed by atoms with E-state index < -0.39 is 0 Å². The van der Waals surface area contributed by atoms with E-state index in [0.717, 1.165) is 26.7 Å². The zero-order valence-corrected chi connectivity index (χ0v) is 11.4. The van der Waals surface area contributed by atoms with Gasteiger partial charge in [-0.3, -0.25) is 0 Å². The van der Waals surface area contributed by atoms with Crippen molar-refractivity contribution >= 4 is 26.8 Å². The lowest BCUT2D eigenvalue weighted by Gasteiger charge is -2.07. The zero-order valence-electron chi connectivity index (χ0n) is 9.77. The average molecular weight is 303 g/mol.